The standard InChI is InChI=1S/C8H14O6S/c1-7(10)3-4-8(2,11)5-15(12,13)14-6-9/h3-4,6-7,10-11H,5H2,1-2H3. The summed E-state index contributed by atoms with van der Waals surface area (Å²) in [5, 5.41) is 18.4. The van der Waals surface area contributed by atoms with E-state index in [0.29, 0.717) is 0 Å². The molecule has 0 rings (SSSR count). The molecule has 0 aliphatic carbocycles. The number of rotatable bonds is 6. The number of hydrogen-bond acceptors (Lipinski definition) is 6. The first kappa shape index (κ1) is 14.1. The second kappa shape index (κ2) is 5.24. The first-order valence-corrected chi connectivity index (χ1v) is 5.71. The maximum absolute atomic E-state index is 11.0. The molecule has 0 saturated carbocycles. The summed E-state index contributed by atoms with van der Waals surface area (Å²) in [5.41, 5.74) is -1.70. The topological polar surface area (TPSA) is 101 Å². The molecule has 2 atom stereocenters. The average Bonchev–Trinajstić information content (AvgIpc) is 1.98. The molecule has 2 N–H and O–H groups in total. The van der Waals surface area contributed by atoms with Crippen LogP contribution in [0.15, 0.2) is 12.2 Å². The normalized spacial score (nSPS) is 18.4. The summed E-state index contributed by atoms with van der Waals surface area (Å²) >= 11 is 0. The van der Waals surface area contributed by atoms with Crippen molar-refractivity contribution in [3.63, 3.8) is 0 Å². The number of aliphatic hydroxyl groups excluding tert-OH is 1. The molecule has 0 amide bonds. The van der Waals surface area contributed by atoms with Gasteiger partial charge in [-0.2, -0.15) is 8.42 Å². The molecule has 0 aromatic rings. The van der Waals surface area contributed by atoms with E-state index in [9.17, 15) is 18.3 Å². The lowest BCUT2D eigenvalue weighted by Gasteiger charge is -2.17. The van der Waals surface area contributed by atoms with E-state index in [1.54, 1.807) is 0 Å². The molecule has 0 saturated heterocycles. The molecule has 0 aromatic heterocycles. The highest BCUT2D eigenvalue weighted by molar-refractivity contribution is 7.87. The molecule has 0 fully saturated rings. The van der Waals surface area contributed by atoms with Crippen molar-refractivity contribution in [2.24, 2.45) is 0 Å². The van der Waals surface area contributed by atoms with Gasteiger partial charge in [-0.25, -0.2) is 0 Å². The summed E-state index contributed by atoms with van der Waals surface area (Å²) in [6.45, 7) is 2.45. The van der Waals surface area contributed by atoms with Gasteiger partial charge in [0.05, 0.1) is 11.7 Å². The van der Waals surface area contributed by atoms with Crippen molar-refractivity contribution in [1.82, 2.24) is 0 Å². The molecule has 0 aliphatic heterocycles. The van der Waals surface area contributed by atoms with Crippen molar-refractivity contribution in [1.29, 1.82) is 0 Å². The molecular weight excluding hydrogens is 224 g/mol. The fraction of sp³-hybridized carbons (Fsp3) is 0.625. The molecule has 0 aromatic carbocycles. The first-order chi connectivity index (χ1) is 6.68. The number of aliphatic hydroxyl groups is 2. The van der Waals surface area contributed by atoms with Gasteiger partial charge < -0.3 is 14.4 Å². The lowest BCUT2D eigenvalue weighted by Crippen LogP contribution is -2.32. The van der Waals surface area contributed by atoms with Crippen LogP contribution in [0.25, 0.3) is 0 Å². The van der Waals surface area contributed by atoms with Crippen LogP contribution < -0.4 is 0 Å². The highest BCUT2D eigenvalue weighted by Gasteiger charge is 2.26. The van der Waals surface area contributed by atoms with E-state index < -0.39 is 27.6 Å². The van der Waals surface area contributed by atoms with Crippen LogP contribution >= 0.6 is 0 Å². The second-order valence-electron chi connectivity index (χ2n) is 3.35. The van der Waals surface area contributed by atoms with Gasteiger partial charge in [-0.05, 0) is 13.8 Å². The summed E-state index contributed by atoms with van der Waals surface area (Å²) in [7, 11) is -4.09. The van der Waals surface area contributed by atoms with E-state index in [0.717, 1.165) is 6.08 Å². The Balaban J connectivity index is 4.57. The Morgan fingerprint density at radius 1 is 1.53 bits per heavy atom. The van der Waals surface area contributed by atoms with Crippen molar-refractivity contribution in [3.05, 3.63) is 12.2 Å². The maximum atomic E-state index is 11.0. The van der Waals surface area contributed by atoms with E-state index in [4.69, 9.17) is 5.11 Å². The summed E-state index contributed by atoms with van der Waals surface area (Å²) < 4.78 is 25.8. The minimum atomic E-state index is -4.09. The molecule has 0 aliphatic rings. The van der Waals surface area contributed by atoms with Crippen LogP contribution in [0.3, 0.4) is 0 Å². The SMILES string of the molecule is CC(O)C=CC(C)(O)CS(=O)(=O)OC=O. The number of carbonyl (C=O) groups excluding carboxylic acids is 1. The van der Waals surface area contributed by atoms with Crippen LogP contribution in [-0.4, -0.2) is 42.6 Å². The largest absolute Gasteiger partial charge is 0.389 e. The van der Waals surface area contributed by atoms with Gasteiger partial charge in [-0.3, -0.25) is 4.79 Å². The fourth-order valence-electron chi connectivity index (χ4n) is 0.846. The third-order valence-electron chi connectivity index (χ3n) is 1.39. The number of carbonyl (C=O) groups is 1. The van der Waals surface area contributed by atoms with Crippen LogP contribution in [-0.2, 0) is 19.1 Å². The molecule has 15 heavy (non-hydrogen) atoms. The highest BCUT2D eigenvalue weighted by atomic mass is 32.2. The van der Waals surface area contributed by atoms with Gasteiger partial charge in [0, 0.05) is 0 Å². The Morgan fingerprint density at radius 3 is 2.47 bits per heavy atom. The molecule has 2 unspecified atom stereocenters. The third-order valence-corrected chi connectivity index (χ3v) is 2.70. The zero-order chi connectivity index (χ0) is 12.1. The van der Waals surface area contributed by atoms with Crippen molar-refractivity contribution in [3.8, 4) is 0 Å². The Kier molecular flexibility index (Phi) is 4.92. The quantitative estimate of drug-likeness (QED) is 0.356. The van der Waals surface area contributed by atoms with Crippen LogP contribution in [0.1, 0.15) is 13.8 Å². The molecule has 0 heterocycles. The van der Waals surface area contributed by atoms with E-state index in [2.05, 4.69) is 4.18 Å². The van der Waals surface area contributed by atoms with Crippen molar-refractivity contribution < 1.29 is 27.6 Å². The van der Waals surface area contributed by atoms with Gasteiger partial charge >= 0.3 is 16.6 Å². The monoisotopic (exact) mass is 238 g/mol. The zero-order valence-electron chi connectivity index (χ0n) is 8.45. The minimum Gasteiger partial charge on any atom is -0.389 e. The van der Waals surface area contributed by atoms with Gasteiger partial charge in [-0.15, -0.1) is 0 Å². The molecule has 0 radical (unpaired) electrons. The zero-order valence-corrected chi connectivity index (χ0v) is 9.27. The molecule has 7 heteroatoms. The Hall–Kier alpha value is -0.920. The summed E-state index contributed by atoms with van der Waals surface area (Å²) in [5.74, 6) is -0.762. The second-order valence-corrected chi connectivity index (χ2v) is 4.95. The minimum absolute atomic E-state index is 0.218. The van der Waals surface area contributed by atoms with Gasteiger partial charge in [0.25, 0.3) is 0 Å². The van der Waals surface area contributed by atoms with Crippen LogP contribution in [0.4, 0.5) is 0 Å². The van der Waals surface area contributed by atoms with Crippen molar-refractivity contribution >= 4 is 16.6 Å². The van der Waals surface area contributed by atoms with Crippen LogP contribution in [0.2, 0.25) is 0 Å². The predicted octanol–water partition coefficient (Wildman–Crippen LogP) is -0.823. The highest BCUT2D eigenvalue weighted by Crippen LogP contribution is 2.10. The Bertz CT molecular complexity index is 327. The Labute approximate surface area is 88.3 Å². The van der Waals surface area contributed by atoms with Gasteiger partial charge in [0.2, 0.25) is 0 Å². The van der Waals surface area contributed by atoms with E-state index in [1.807, 2.05) is 0 Å². The van der Waals surface area contributed by atoms with Crippen LogP contribution in [0.5, 0.6) is 0 Å². The summed E-state index contributed by atoms with van der Waals surface area (Å²) in [6, 6.07) is 0. The van der Waals surface area contributed by atoms with Crippen molar-refractivity contribution in [2.45, 2.75) is 25.6 Å². The van der Waals surface area contributed by atoms with Crippen LogP contribution in [0, 0.1) is 0 Å². The summed E-state index contributed by atoms with van der Waals surface area (Å²) in [6.07, 6.45) is 1.56. The van der Waals surface area contributed by atoms with Gasteiger partial charge in [0.15, 0.2) is 0 Å². The molecule has 6 nitrogen and oxygen atoms in total. The molecule has 88 valence electrons. The molecule has 0 bridgehead atoms. The predicted molar refractivity (Wildman–Crippen MR) is 52.4 cm³/mol. The van der Waals surface area contributed by atoms with E-state index in [1.165, 1.54) is 19.9 Å². The Morgan fingerprint density at radius 2 is 2.07 bits per heavy atom. The lowest BCUT2D eigenvalue weighted by atomic mass is 10.1. The maximum Gasteiger partial charge on any atom is 0.314 e. The van der Waals surface area contributed by atoms with Crippen molar-refractivity contribution in [2.75, 3.05) is 5.75 Å². The van der Waals surface area contributed by atoms with Gasteiger partial charge in [0.1, 0.15) is 5.75 Å². The first-order valence-electron chi connectivity index (χ1n) is 4.13. The smallest absolute Gasteiger partial charge is 0.314 e. The van der Waals surface area contributed by atoms with E-state index >= 15 is 0 Å². The molecular formula is C8H14O6S. The molecule has 0 spiro atoms. The van der Waals surface area contributed by atoms with E-state index in [-0.39, 0.29) is 6.47 Å². The summed E-state index contributed by atoms with van der Waals surface area (Å²) in [4.78, 5) is 9.83. The lowest BCUT2D eigenvalue weighted by molar-refractivity contribution is -0.120. The number of hydrogen-bond donors (Lipinski definition) is 2. The van der Waals surface area contributed by atoms with Gasteiger partial charge in [-0.1, -0.05) is 12.2 Å². The average molecular weight is 238 g/mol. The third kappa shape index (κ3) is 7.06. The fourth-order valence-corrected chi connectivity index (χ4v) is 1.85.